The van der Waals surface area contributed by atoms with E-state index >= 15 is 0 Å². The third kappa shape index (κ3) is 3.29. The predicted octanol–water partition coefficient (Wildman–Crippen LogP) is 4.01. The number of rotatable bonds is 3. The van der Waals surface area contributed by atoms with E-state index in [-0.39, 0.29) is 5.82 Å². The van der Waals surface area contributed by atoms with Crippen LogP contribution in [0.15, 0.2) is 42.5 Å². The molecule has 2 rings (SSSR count). The number of hydrogen-bond acceptors (Lipinski definition) is 1. The Hall–Kier alpha value is -0.940. The summed E-state index contributed by atoms with van der Waals surface area (Å²) in [5.41, 5.74) is 2.74. The maximum absolute atomic E-state index is 13.0. The summed E-state index contributed by atoms with van der Waals surface area (Å²) in [7, 11) is 0. The second-order valence-corrected chi connectivity index (χ2v) is 5.59. The summed E-state index contributed by atoms with van der Waals surface area (Å²) < 4.78 is 14.1. The highest BCUT2D eigenvalue weighted by molar-refractivity contribution is 14.1. The fourth-order valence-electron chi connectivity index (χ4n) is 1.90. The number of benzene rings is 2. The van der Waals surface area contributed by atoms with Crippen LogP contribution in [0.5, 0.6) is 0 Å². The van der Waals surface area contributed by atoms with Gasteiger partial charge >= 0.3 is 0 Å². The van der Waals surface area contributed by atoms with E-state index in [1.165, 1.54) is 12.1 Å². The lowest BCUT2D eigenvalue weighted by Gasteiger charge is -2.13. The van der Waals surface area contributed by atoms with Gasteiger partial charge in [0.05, 0.1) is 6.10 Å². The van der Waals surface area contributed by atoms with Crippen molar-refractivity contribution >= 4 is 22.6 Å². The first-order valence-corrected chi connectivity index (χ1v) is 6.82. The molecule has 18 heavy (non-hydrogen) atoms. The predicted molar refractivity (Wildman–Crippen MR) is 79.0 cm³/mol. The van der Waals surface area contributed by atoms with Crippen LogP contribution in [0.2, 0.25) is 0 Å². The summed E-state index contributed by atoms with van der Waals surface area (Å²) in [6, 6.07) is 12.4. The molecule has 0 spiro atoms. The quantitative estimate of drug-likeness (QED) is 0.824. The highest BCUT2D eigenvalue weighted by Crippen LogP contribution is 2.21. The summed E-state index contributed by atoms with van der Waals surface area (Å²) in [5, 5.41) is 10.2. The minimum Gasteiger partial charge on any atom is -0.388 e. The smallest absolute Gasteiger partial charge is 0.123 e. The molecule has 2 aromatic rings. The average Bonchev–Trinajstić information content (AvgIpc) is 2.33. The van der Waals surface area contributed by atoms with E-state index in [1.54, 1.807) is 6.07 Å². The molecule has 0 aromatic heterocycles. The van der Waals surface area contributed by atoms with Crippen LogP contribution in [0, 0.1) is 16.3 Å². The second-order valence-electron chi connectivity index (χ2n) is 4.34. The van der Waals surface area contributed by atoms with Gasteiger partial charge in [-0.3, -0.25) is 0 Å². The van der Waals surface area contributed by atoms with Crippen molar-refractivity contribution in [2.45, 2.75) is 19.4 Å². The number of hydrogen-bond donors (Lipinski definition) is 1. The van der Waals surface area contributed by atoms with Gasteiger partial charge in [-0.05, 0) is 70.5 Å². The summed E-state index contributed by atoms with van der Waals surface area (Å²) in [6.45, 7) is 1.86. The molecule has 2 aromatic carbocycles. The standard InChI is InChI=1S/C15H14FIO/c1-10-8-13(16)5-2-12(10)9-15(18)11-3-6-14(17)7-4-11/h2-8,15,18H,9H2,1H3. The van der Waals surface area contributed by atoms with E-state index in [1.807, 2.05) is 31.2 Å². The Balaban J connectivity index is 2.15. The molecule has 0 aliphatic carbocycles. The van der Waals surface area contributed by atoms with E-state index in [4.69, 9.17) is 0 Å². The molecule has 1 N–H and O–H groups in total. The van der Waals surface area contributed by atoms with Crippen LogP contribution < -0.4 is 0 Å². The van der Waals surface area contributed by atoms with Gasteiger partial charge in [-0.1, -0.05) is 18.2 Å². The first-order valence-electron chi connectivity index (χ1n) is 5.75. The highest BCUT2D eigenvalue weighted by atomic mass is 127. The number of aliphatic hydroxyl groups is 1. The third-order valence-corrected chi connectivity index (χ3v) is 3.69. The zero-order valence-electron chi connectivity index (χ0n) is 10.0. The molecule has 3 heteroatoms. The van der Waals surface area contributed by atoms with Crippen molar-refractivity contribution in [3.05, 3.63) is 68.5 Å². The summed E-state index contributed by atoms with van der Waals surface area (Å²) >= 11 is 2.23. The Morgan fingerprint density at radius 2 is 1.83 bits per heavy atom. The van der Waals surface area contributed by atoms with Crippen molar-refractivity contribution in [3.8, 4) is 0 Å². The minimum atomic E-state index is -0.550. The molecular formula is C15H14FIO. The fraction of sp³-hybridized carbons (Fsp3) is 0.200. The molecule has 0 amide bonds. The van der Waals surface area contributed by atoms with Crippen molar-refractivity contribution in [1.29, 1.82) is 0 Å². The van der Waals surface area contributed by atoms with Crippen LogP contribution in [0.1, 0.15) is 22.8 Å². The van der Waals surface area contributed by atoms with Crippen LogP contribution in [-0.2, 0) is 6.42 Å². The Labute approximate surface area is 120 Å². The molecule has 0 aliphatic heterocycles. The van der Waals surface area contributed by atoms with Crippen LogP contribution in [0.4, 0.5) is 4.39 Å². The summed E-state index contributed by atoms with van der Waals surface area (Å²) in [4.78, 5) is 0. The van der Waals surface area contributed by atoms with Crippen LogP contribution in [-0.4, -0.2) is 5.11 Å². The molecule has 1 unspecified atom stereocenters. The van der Waals surface area contributed by atoms with Gasteiger partial charge < -0.3 is 5.11 Å². The zero-order chi connectivity index (χ0) is 13.1. The molecule has 0 bridgehead atoms. The van der Waals surface area contributed by atoms with Gasteiger partial charge in [0.15, 0.2) is 0 Å². The lowest BCUT2D eigenvalue weighted by Crippen LogP contribution is -2.03. The van der Waals surface area contributed by atoms with Crippen molar-refractivity contribution in [1.82, 2.24) is 0 Å². The molecule has 0 aliphatic rings. The van der Waals surface area contributed by atoms with Crippen LogP contribution >= 0.6 is 22.6 Å². The number of halogens is 2. The Kier molecular flexibility index (Phi) is 4.35. The van der Waals surface area contributed by atoms with Crippen LogP contribution in [0.25, 0.3) is 0 Å². The normalized spacial score (nSPS) is 12.4. The van der Waals surface area contributed by atoms with E-state index in [0.717, 1.165) is 20.3 Å². The van der Waals surface area contributed by atoms with E-state index < -0.39 is 6.10 Å². The Morgan fingerprint density at radius 1 is 1.17 bits per heavy atom. The maximum atomic E-state index is 13.0. The second kappa shape index (κ2) is 5.80. The molecule has 0 heterocycles. The van der Waals surface area contributed by atoms with Crippen molar-refractivity contribution in [3.63, 3.8) is 0 Å². The maximum Gasteiger partial charge on any atom is 0.123 e. The van der Waals surface area contributed by atoms with Gasteiger partial charge in [0, 0.05) is 9.99 Å². The van der Waals surface area contributed by atoms with Crippen molar-refractivity contribution in [2.24, 2.45) is 0 Å². The molecule has 1 atom stereocenters. The monoisotopic (exact) mass is 356 g/mol. The van der Waals surface area contributed by atoms with Gasteiger partial charge in [0.1, 0.15) is 5.82 Å². The Morgan fingerprint density at radius 3 is 2.44 bits per heavy atom. The van der Waals surface area contributed by atoms with Gasteiger partial charge in [-0.25, -0.2) is 4.39 Å². The Bertz CT molecular complexity index is 537. The molecule has 0 saturated heterocycles. The van der Waals surface area contributed by atoms with Crippen molar-refractivity contribution < 1.29 is 9.50 Å². The summed E-state index contributed by atoms with van der Waals surface area (Å²) in [6.07, 6.45) is -0.0432. The molecular weight excluding hydrogens is 342 g/mol. The first kappa shape index (κ1) is 13.5. The topological polar surface area (TPSA) is 20.2 Å². The lowest BCUT2D eigenvalue weighted by molar-refractivity contribution is 0.178. The highest BCUT2D eigenvalue weighted by Gasteiger charge is 2.10. The minimum absolute atomic E-state index is 0.236. The first-order chi connectivity index (χ1) is 8.56. The van der Waals surface area contributed by atoms with E-state index in [0.29, 0.717) is 6.42 Å². The molecule has 0 fully saturated rings. The number of aliphatic hydroxyl groups excluding tert-OH is 1. The van der Waals surface area contributed by atoms with Crippen LogP contribution in [0.3, 0.4) is 0 Å². The molecule has 1 nitrogen and oxygen atoms in total. The van der Waals surface area contributed by atoms with Gasteiger partial charge in [0.2, 0.25) is 0 Å². The van der Waals surface area contributed by atoms with Gasteiger partial charge in [-0.15, -0.1) is 0 Å². The fourth-order valence-corrected chi connectivity index (χ4v) is 2.26. The molecule has 0 saturated carbocycles. The van der Waals surface area contributed by atoms with Crippen molar-refractivity contribution in [2.75, 3.05) is 0 Å². The van der Waals surface area contributed by atoms with Gasteiger partial charge in [0.25, 0.3) is 0 Å². The molecule has 0 radical (unpaired) electrons. The van der Waals surface area contributed by atoms with E-state index in [9.17, 15) is 9.50 Å². The number of aryl methyl sites for hydroxylation is 1. The SMILES string of the molecule is Cc1cc(F)ccc1CC(O)c1ccc(I)cc1. The largest absolute Gasteiger partial charge is 0.388 e. The zero-order valence-corrected chi connectivity index (χ0v) is 12.2. The third-order valence-electron chi connectivity index (χ3n) is 2.97. The average molecular weight is 356 g/mol. The molecule has 94 valence electrons. The van der Waals surface area contributed by atoms with E-state index in [2.05, 4.69) is 22.6 Å². The lowest BCUT2D eigenvalue weighted by atomic mass is 9.98. The van der Waals surface area contributed by atoms with Gasteiger partial charge in [-0.2, -0.15) is 0 Å². The summed E-state index contributed by atoms with van der Waals surface area (Å²) in [5.74, 6) is -0.236.